The zero-order chi connectivity index (χ0) is 18.0. The molecule has 2 amide bonds. The first-order chi connectivity index (χ1) is 11.8. The van der Waals surface area contributed by atoms with Gasteiger partial charge in [0.15, 0.2) is 0 Å². The summed E-state index contributed by atoms with van der Waals surface area (Å²) in [5.74, 6) is -1.70. The number of benzene rings is 1. The molecule has 1 aromatic carbocycles. The topological polar surface area (TPSA) is 98.1 Å². The van der Waals surface area contributed by atoms with Crippen molar-refractivity contribution in [1.82, 2.24) is 14.8 Å². The number of hydrogen-bond acceptors (Lipinski definition) is 5. The Bertz CT molecular complexity index is 805. The summed E-state index contributed by atoms with van der Waals surface area (Å²) in [4.78, 5) is 27.9. The van der Waals surface area contributed by atoms with Crippen molar-refractivity contribution in [2.75, 3.05) is 10.6 Å². The molecule has 2 N–H and O–H groups in total. The third kappa shape index (κ3) is 4.25. The van der Waals surface area contributed by atoms with Crippen LogP contribution in [0.4, 0.5) is 24.8 Å². The Kier molecular flexibility index (Phi) is 4.30. The van der Waals surface area contributed by atoms with Gasteiger partial charge in [0, 0.05) is 18.2 Å². The van der Waals surface area contributed by atoms with Crippen LogP contribution in [0.15, 0.2) is 30.6 Å². The van der Waals surface area contributed by atoms with Gasteiger partial charge in [-0.2, -0.15) is 10.1 Å². The normalized spacial score (nSPS) is 16.8. The van der Waals surface area contributed by atoms with Crippen molar-refractivity contribution in [3.05, 3.63) is 30.6 Å². The minimum absolute atomic E-state index is 0.129. The van der Waals surface area contributed by atoms with Crippen LogP contribution in [0.3, 0.4) is 0 Å². The van der Waals surface area contributed by atoms with Gasteiger partial charge in [-0.15, -0.1) is 13.2 Å². The Labute approximate surface area is 139 Å². The molecule has 2 heterocycles. The minimum atomic E-state index is -4.82. The zero-order valence-corrected chi connectivity index (χ0v) is 12.6. The van der Waals surface area contributed by atoms with Gasteiger partial charge in [-0.3, -0.25) is 14.9 Å². The Morgan fingerprint density at radius 2 is 2.24 bits per heavy atom. The summed E-state index contributed by atoms with van der Waals surface area (Å²) in [5.41, 5.74) is 0.129. The molecule has 0 unspecified atom stereocenters. The van der Waals surface area contributed by atoms with Crippen LogP contribution in [0.2, 0.25) is 0 Å². The lowest BCUT2D eigenvalue weighted by Crippen LogP contribution is -2.36. The Morgan fingerprint density at radius 3 is 3.00 bits per heavy atom. The van der Waals surface area contributed by atoms with E-state index in [4.69, 9.17) is 0 Å². The van der Waals surface area contributed by atoms with E-state index in [0.717, 1.165) is 12.1 Å². The smallest absolute Gasteiger partial charge is 0.406 e. The largest absolute Gasteiger partial charge is 0.573 e. The van der Waals surface area contributed by atoms with Gasteiger partial charge in [-0.05, 0) is 12.1 Å². The number of halogens is 3. The minimum Gasteiger partial charge on any atom is -0.406 e. The zero-order valence-electron chi connectivity index (χ0n) is 12.6. The molecule has 0 aliphatic carbocycles. The van der Waals surface area contributed by atoms with E-state index in [2.05, 4.69) is 25.5 Å². The standard InChI is InChI=1S/C14H12F3N5O3/c15-14(16,17)25-10-3-1-2-9(5-10)20-11(23)4-8-6-22-13(18-7-19-22)21-12(8)24/h1-3,5,7-8H,4,6H2,(H,20,23)(H,18,19,21,24)/t8-/m1/s1. The SMILES string of the molecule is O=C(C[C@@H]1Cn2ncnc2NC1=O)Nc1cccc(OC(F)(F)F)c1. The lowest BCUT2D eigenvalue weighted by atomic mass is 10.0. The maximum atomic E-state index is 12.2. The number of rotatable bonds is 4. The number of ether oxygens (including phenoxy) is 1. The van der Waals surface area contributed by atoms with Crippen LogP contribution in [0.5, 0.6) is 5.75 Å². The molecule has 0 radical (unpaired) electrons. The molecule has 0 saturated heterocycles. The van der Waals surface area contributed by atoms with Crippen LogP contribution in [-0.4, -0.2) is 32.9 Å². The number of nitrogens with zero attached hydrogens (tertiary/aromatic N) is 3. The molecule has 0 fully saturated rings. The molecule has 2 aromatic rings. The number of anilines is 2. The number of hydrogen-bond donors (Lipinski definition) is 2. The van der Waals surface area contributed by atoms with Gasteiger partial charge in [-0.25, -0.2) is 4.68 Å². The van der Waals surface area contributed by atoms with E-state index >= 15 is 0 Å². The van der Waals surface area contributed by atoms with E-state index in [1.165, 1.54) is 23.1 Å². The van der Waals surface area contributed by atoms with E-state index in [1.807, 2.05) is 0 Å². The molecule has 1 atom stereocenters. The molecule has 3 rings (SSSR count). The molecule has 0 saturated carbocycles. The highest BCUT2D eigenvalue weighted by Gasteiger charge is 2.31. The van der Waals surface area contributed by atoms with E-state index in [-0.39, 0.29) is 24.6 Å². The summed E-state index contributed by atoms with van der Waals surface area (Å²) >= 11 is 0. The molecule has 25 heavy (non-hydrogen) atoms. The van der Waals surface area contributed by atoms with Crippen molar-refractivity contribution in [2.45, 2.75) is 19.3 Å². The number of nitrogens with one attached hydrogen (secondary N) is 2. The molecule has 132 valence electrons. The van der Waals surface area contributed by atoms with Crippen molar-refractivity contribution in [1.29, 1.82) is 0 Å². The first kappa shape index (κ1) is 16.7. The number of alkyl halides is 3. The highest BCUT2D eigenvalue weighted by atomic mass is 19.4. The van der Waals surface area contributed by atoms with Gasteiger partial charge in [0.1, 0.15) is 12.1 Å². The fourth-order valence-electron chi connectivity index (χ4n) is 2.36. The summed E-state index contributed by atoms with van der Waals surface area (Å²) in [6, 6.07) is 4.88. The predicted octanol–water partition coefficient (Wildman–Crippen LogP) is 1.77. The predicted molar refractivity (Wildman–Crippen MR) is 78.5 cm³/mol. The first-order valence-corrected chi connectivity index (χ1v) is 7.14. The highest BCUT2D eigenvalue weighted by Crippen LogP contribution is 2.25. The molecule has 11 heteroatoms. The van der Waals surface area contributed by atoms with Crippen LogP contribution >= 0.6 is 0 Å². The van der Waals surface area contributed by atoms with Gasteiger partial charge in [0.25, 0.3) is 0 Å². The quantitative estimate of drug-likeness (QED) is 0.871. The third-order valence-corrected chi connectivity index (χ3v) is 3.40. The van der Waals surface area contributed by atoms with Gasteiger partial charge in [0.2, 0.25) is 17.8 Å². The van der Waals surface area contributed by atoms with Crippen LogP contribution in [0, 0.1) is 5.92 Å². The number of fused-ring (bicyclic) bond motifs is 1. The van der Waals surface area contributed by atoms with Crippen LogP contribution < -0.4 is 15.4 Å². The summed E-state index contributed by atoms with van der Waals surface area (Å²) < 4.78 is 41.9. The van der Waals surface area contributed by atoms with Gasteiger partial charge in [-0.1, -0.05) is 6.07 Å². The highest BCUT2D eigenvalue weighted by molar-refractivity contribution is 5.98. The second kappa shape index (κ2) is 6.42. The van der Waals surface area contributed by atoms with Crippen molar-refractivity contribution in [3.63, 3.8) is 0 Å². The van der Waals surface area contributed by atoms with Crippen LogP contribution in [-0.2, 0) is 16.1 Å². The third-order valence-electron chi connectivity index (χ3n) is 3.40. The average molecular weight is 355 g/mol. The summed E-state index contributed by atoms with van der Waals surface area (Å²) in [7, 11) is 0. The summed E-state index contributed by atoms with van der Waals surface area (Å²) in [6.07, 6.45) is -3.70. The number of carbonyl (C=O) groups excluding carboxylic acids is 2. The maximum Gasteiger partial charge on any atom is 0.573 e. The monoisotopic (exact) mass is 355 g/mol. The molecule has 8 nitrogen and oxygen atoms in total. The van der Waals surface area contributed by atoms with Crippen LogP contribution in [0.25, 0.3) is 0 Å². The fourth-order valence-corrected chi connectivity index (χ4v) is 2.36. The van der Waals surface area contributed by atoms with E-state index < -0.39 is 23.9 Å². The van der Waals surface area contributed by atoms with Crippen molar-refractivity contribution in [2.24, 2.45) is 5.92 Å². The second-order valence-electron chi connectivity index (χ2n) is 5.28. The molecule has 1 aliphatic rings. The fraction of sp³-hybridized carbons (Fsp3) is 0.286. The van der Waals surface area contributed by atoms with Gasteiger partial charge in [0.05, 0.1) is 12.5 Å². The maximum absolute atomic E-state index is 12.2. The van der Waals surface area contributed by atoms with Gasteiger partial charge >= 0.3 is 6.36 Å². The lowest BCUT2D eigenvalue weighted by Gasteiger charge is -2.21. The molecule has 1 aromatic heterocycles. The van der Waals surface area contributed by atoms with E-state index in [0.29, 0.717) is 5.95 Å². The second-order valence-corrected chi connectivity index (χ2v) is 5.28. The van der Waals surface area contributed by atoms with Crippen LogP contribution in [0.1, 0.15) is 6.42 Å². The van der Waals surface area contributed by atoms with Crippen molar-refractivity contribution in [3.8, 4) is 5.75 Å². The number of aromatic nitrogens is 3. The molecule has 1 aliphatic heterocycles. The first-order valence-electron chi connectivity index (χ1n) is 7.14. The Hall–Kier alpha value is -3.11. The van der Waals surface area contributed by atoms with E-state index in [9.17, 15) is 22.8 Å². The molecule has 0 spiro atoms. The molecular formula is C14H12F3N5O3. The van der Waals surface area contributed by atoms with Gasteiger partial charge < -0.3 is 10.1 Å². The molecular weight excluding hydrogens is 343 g/mol. The average Bonchev–Trinajstić information content (AvgIpc) is 2.93. The Balaban J connectivity index is 1.61. The Morgan fingerprint density at radius 1 is 1.44 bits per heavy atom. The number of carbonyl (C=O) groups is 2. The number of amides is 2. The summed E-state index contributed by atoms with van der Waals surface area (Å²) in [6.45, 7) is 0.186. The summed E-state index contributed by atoms with van der Waals surface area (Å²) in [5, 5.41) is 8.88. The molecule has 0 bridgehead atoms. The lowest BCUT2D eigenvalue weighted by molar-refractivity contribution is -0.274. The van der Waals surface area contributed by atoms with E-state index in [1.54, 1.807) is 0 Å². The van der Waals surface area contributed by atoms with Crippen molar-refractivity contribution >= 4 is 23.5 Å². The van der Waals surface area contributed by atoms with Crippen molar-refractivity contribution < 1.29 is 27.5 Å².